The van der Waals surface area contributed by atoms with Crippen LogP contribution in [0.15, 0.2) is 51.4 Å². The Morgan fingerprint density at radius 2 is 2.30 bits per heavy atom. The van der Waals surface area contributed by atoms with Gasteiger partial charge < -0.3 is 9.32 Å². The van der Waals surface area contributed by atoms with Crippen LogP contribution in [0.1, 0.15) is 5.56 Å². The molecular formula is C15H11FN2OS. The van der Waals surface area contributed by atoms with Crippen molar-refractivity contribution in [3.05, 3.63) is 53.4 Å². The zero-order valence-corrected chi connectivity index (χ0v) is 11.4. The molecule has 0 unspecified atom stereocenters. The third kappa shape index (κ3) is 1.50. The fraction of sp³-hybridized carbons (Fsp3) is 0.133. The summed E-state index contributed by atoms with van der Waals surface area (Å²) in [4.78, 5) is 7.70. The first-order valence-corrected chi connectivity index (χ1v) is 7.14. The normalized spacial score (nSPS) is 17.9. The van der Waals surface area contributed by atoms with Gasteiger partial charge in [-0.15, -0.1) is 0 Å². The van der Waals surface area contributed by atoms with Gasteiger partial charge in [-0.05, 0) is 30.0 Å². The molecule has 2 aliphatic rings. The van der Waals surface area contributed by atoms with Gasteiger partial charge in [0.1, 0.15) is 0 Å². The molecule has 0 spiro atoms. The highest BCUT2D eigenvalue weighted by Crippen LogP contribution is 2.44. The van der Waals surface area contributed by atoms with Crippen molar-refractivity contribution in [3.8, 4) is 0 Å². The second-order valence-electron chi connectivity index (χ2n) is 4.59. The maximum atomic E-state index is 13.8. The van der Waals surface area contributed by atoms with E-state index in [9.17, 15) is 4.39 Å². The lowest BCUT2D eigenvalue weighted by Gasteiger charge is -2.17. The highest BCUT2D eigenvalue weighted by atomic mass is 32.2. The summed E-state index contributed by atoms with van der Waals surface area (Å²) in [5, 5.41) is 1.78. The van der Waals surface area contributed by atoms with Crippen molar-refractivity contribution < 1.29 is 8.81 Å². The number of thioether (sulfide) groups is 1. The second kappa shape index (κ2) is 4.24. The van der Waals surface area contributed by atoms with Crippen LogP contribution in [0.2, 0.25) is 0 Å². The molecule has 0 amide bonds. The second-order valence-corrected chi connectivity index (χ2v) is 5.60. The van der Waals surface area contributed by atoms with Crippen molar-refractivity contribution >= 4 is 33.6 Å². The van der Waals surface area contributed by atoms with Crippen LogP contribution in [0.4, 0.5) is 4.39 Å². The Balaban J connectivity index is 1.98. The van der Waals surface area contributed by atoms with Crippen LogP contribution in [0.25, 0.3) is 16.7 Å². The van der Waals surface area contributed by atoms with Gasteiger partial charge in [0, 0.05) is 22.4 Å². The van der Waals surface area contributed by atoms with Crippen LogP contribution in [0.3, 0.4) is 0 Å². The number of rotatable bonds is 2. The summed E-state index contributed by atoms with van der Waals surface area (Å²) in [5.41, 5.74) is 2.31. The molecule has 0 saturated carbocycles. The van der Waals surface area contributed by atoms with Gasteiger partial charge in [-0.3, -0.25) is 4.99 Å². The van der Waals surface area contributed by atoms with E-state index in [1.165, 1.54) is 12.3 Å². The van der Waals surface area contributed by atoms with Crippen LogP contribution in [0, 0.1) is 5.82 Å². The first kappa shape index (κ1) is 11.8. The van der Waals surface area contributed by atoms with E-state index in [2.05, 4.69) is 16.5 Å². The largest absolute Gasteiger partial charge is 0.461 e. The number of benzene rings is 1. The third-order valence-electron chi connectivity index (χ3n) is 3.52. The summed E-state index contributed by atoms with van der Waals surface area (Å²) in [7, 11) is 0. The minimum absolute atomic E-state index is 0.299. The Labute approximate surface area is 119 Å². The van der Waals surface area contributed by atoms with E-state index in [0.29, 0.717) is 5.58 Å². The van der Waals surface area contributed by atoms with E-state index < -0.39 is 0 Å². The maximum Gasteiger partial charge on any atom is 0.170 e. The monoisotopic (exact) mass is 286 g/mol. The Morgan fingerprint density at radius 1 is 1.40 bits per heavy atom. The maximum absolute atomic E-state index is 13.8. The molecule has 0 bridgehead atoms. The van der Waals surface area contributed by atoms with Gasteiger partial charge in [0.05, 0.1) is 18.5 Å². The number of furan rings is 1. The van der Waals surface area contributed by atoms with Gasteiger partial charge in [-0.2, -0.15) is 0 Å². The van der Waals surface area contributed by atoms with Gasteiger partial charge in [0.15, 0.2) is 16.6 Å². The van der Waals surface area contributed by atoms with Gasteiger partial charge in [0.2, 0.25) is 0 Å². The number of halogens is 1. The molecule has 2 aliphatic heterocycles. The quantitative estimate of drug-likeness (QED) is 0.839. The fourth-order valence-corrected chi connectivity index (χ4v) is 3.70. The Kier molecular flexibility index (Phi) is 2.50. The predicted octanol–water partition coefficient (Wildman–Crippen LogP) is 3.84. The average molecular weight is 286 g/mol. The van der Waals surface area contributed by atoms with E-state index in [0.717, 1.165) is 39.8 Å². The molecule has 0 fully saturated rings. The van der Waals surface area contributed by atoms with Crippen LogP contribution in [0.5, 0.6) is 0 Å². The molecule has 100 valence electrons. The number of aliphatic imine (C=N–C) groups is 1. The third-order valence-corrected chi connectivity index (χ3v) is 4.63. The lowest BCUT2D eigenvalue weighted by molar-refractivity contribution is 0.560. The Hall–Kier alpha value is -2.01. The van der Waals surface area contributed by atoms with Crippen LogP contribution in [-0.4, -0.2) is 23.2 Å². The van der Waals surface area contributed by atoms with Crippen molar-refractivity contribution in [2.45, 2.75) is 0 Å². The summed E-state index contributed by atoms with van der Waals surface area (Å²) >= 11 is 1.61. The van der Waals surface area contributed by atoms with Crippen molar-refractivity contribution in [2.75, 3.05) is 13.1 Å². The average Bonchev–Trinajstić information content (AvgIpc) is 3.14. The predicted molar refractivity (Wildman–Crippen MR) is 79.9 cm³/mol. The number of fused-ring (bicyclic) bond motifs is 2. The van der Waals surface area contributed by atoms with Gasteiger partial charge in [0.25, 0.3) is 0 Å². The van der Waals surface area contributed by atoms with Gasteiger partial charge in [-0.1, -0.05) is 12.7 Å². The van der Waals surface area contributed by atoms with Crippen molar-refractivity contribution in [2.24, 2.45) is 4.99 Å². The lowest BCUT2D eigenvalue weighted by atomic mass is 10.1. The minimum atomic E-state index is -0.338. The highest BCUT2D eigenvalue weighted by Gasteiger charge is 2.32. The SMILES string of the molecule is C=CC1=C(c2ccc(F)c3occc23)N2CCN=C2S1. The zero-order valence-electron chi connectivity index (χ0n) is 10.6. The topological polar surface area (TPSA) is 28.7 Å². The summed E-state index contributed by atoms with van der Waals surface area (Å²) in [6.45, 7) is 5.52. The Morgan fingerprint density at radius 3 is 3.15 bits per heavy atom. The van der Waals surface area contributed by atoms with Gasteiger partial charge >= 0.3 is 0 Å². The number of hydrogen-bond donors (Lipinski definition) is 0. The van der Waals surface area contributed by atoms with Gasteiger partial charge in [-0.25, -0.2) is 4.39 Å². The molecule has 0 radical (unpaired) electrons. The molecule has 1 aromatic heterocycles. The molecule has 0 N–H and O–H groups in total. The molecule has 3 heterocycles. The lowest BCUT2D eigenvalue weighted by Crippen LogP contribution is -2.20. The molecule has 3 nitrogen and oxygen atoms in total. The molecule has 0 aliphatic carbocycles. The van der Waals surface area contributed by atoms with Crippen LogP contribution >= 0.6 is 11.8 Å². The molecule has 20 heavy (non-hydrogen) atoms. The van der Waals surface area contributed by atoms with E-state index in [1.807, 2.05) is 6.08 Å². The molecule has 5 heteroatoms. The minimum Gasteiger partial charge on any atom is -0.461 e. The standard InChI is InChI=1S/C15H11FN2OS/c1-2-12-13(18-7-6-17-15(18)20-12)9-3-4-11(16)14-10(9)5-8-19-14/h2-5,8H,1,6-7H2. The van der Waals surface area contributed by atoms with Crippen LogP contribution in [-0.2, 0) is 0 Å². The molecule has 4 rings (SSSR count). The first-order valence-electron chi connectivity index (χ1n) is 6.32. The van der Waals surface area contributed by atoms with E-state index in [4.69, 9.17) is 4.42 Å². The number of amidine groups is 1. The molecular weight excluding hydrogens is 275 g/mol. The van der Waals surface area contributed by atoms with Crippen LogP contribution < -0.4 is 0 Å². The van der Waals surface area contributed by atoms with Crippen molar-refractivity contribution in [3.63, 3.8) is 0 Å². The number of allylic oxidation sites excluding steroid dienone is 1. The molecule has 1 aromatic carbocycles. The van der Waals surface area contributed by atoms with E-state index >= 15 is 0 Å². The number of hydrogen-bond acceptors (Lipinski definition) is 4. The smallest absolute Gasteiger partial charge is 0.170 e. The first-order chi connectivity index (χ1) is 9.79. The summed E-state index contributed by atoms with van der Waals surface area (Å²) < 4.78 is 19.0. The highest BCUT2D eigenvalue weighted by molar-refractivity contribution is 8.17. The molecule has 0 atom stereocenters. The van der Waals surface area contributed by atoms with E-state index in [1.54, 1.807) is 23.9 Å². The summed E-state index contributed by atoms with van der Waals surface area (Å²) in [5.74, 6) is -0.338. The van der Waals surface area contributed by atoms with Crippen molar-refractivity contribution in [1.29, 1.82) is 0 Å². The number of nitrogens with zero attached hydrogens (tertiary/aromatic N) is 2. The summed E-state index contributed by atoms with van der Waals surface area (Å²) in [6.07, 6.45) is 3.35. The summed E-state index contributed by atoms with van der Waals surface area (Å²) in [6, 6.07) is 5.05. The fourth-order valence-electron chi connectivity index (χ4n) is 2.65. The molecule has 0 saturated heterocycles. The van der Waals surface area contributed by atoms with E-state index in [-0.39, 0.29) is 5.82 Å². The zero-order chi connectivity index (χ0) is 13.7. The van der Waals surface area contributed by atoms with Crippen molar-refractivity contribution in [1.82, 2.24) is 4.90 Å². The Bertz CT molecular complexity index is 790. The molecule has 2 aromatic rings.